The van der Waals surface area contributed by atoms with Gasteiger partial charge in [-0.25, -0.2) is 0 Å². The fraction of sp³-hybridized carbons (Fsp3) is 0.667. The van der Waals surface area contributed by atoms with Crippen molar-refractivity contribution in [3.8, 4) is 5.75 Å². The summed E-state index contributed by atoms with van der Waals surface area (Å²) in [6, 6.07) is 7.92. The minimum atomic E-state index is 0.0814. The number of carbonyl (C=O) groups excluding carboxylic acids is 1. The van der Waals surface area contributed by atoms with E-state index >= 15 is 0 Å². The number of nitrogens with zero attached hydrogens (tertiary/aromatic N) is 1. The van der Waals surface area contributed by atoms with Gasteiger partial charge in [-0.1, -0.05) is 32.9 Å². The third-order valence-corrected chi connectivity index (χ3v) is 4.45. The van der Waals surface area contributed by atoms with Gasteiger partial charge in [0.15, 0.2) is 0 Å². The number of piperidine rings is 1. The van der Waals surface area contributed by atoms with Crippen molar-refractivity contribution in [2.45, 2.75) is 52.7 Å². The summed E-state index contributed by atoms with van der Waals surface area (Å²) in [6.07, 6.45) is 3.38. The van der Waals surface area contributed by atoms with Gasteiger partial charge in [0.2, 0.25) is 5.91 Å². The fourth-order valence-electron chi connectivity index (χ4n) is 2.95. The Kier molecular flexibility index (Phi) is 8.92. The van der Waals surface area contributed by atoms with Gasteiger partial charge < -0.3 is 14.8 Å². The van der Waals surface area contributed by atoms with E-state index in [4.69, 9.17) is 9.47 Å². The fourth-order valence-corrected chi connectivity index (χ4v) is 2.95. The van der Waals surface area contributed by atoms with Crippen molar-refractivity contribution in [1.29, 1.82) is 0 Å². The quantitative estimate of drug-likeness (QED) is 0.694. The SMILES string of the molecule is CCCOc1ccc(CNC(=O)CN2CCC(OCC(C)C)CC2)cc1. The van der Waals surface area contributed by atoms with E-state index in [2.05, 4.69) is 31.0 Å². The van der Waals surface area contributed by atoms with Crippen molar-refractivity contribution >= 4 is 5.91 Å². The van der Waals surface area contributed by atoms with Crippen molar-refractivity contribution in [3.05, 3.63) is 29.8 Å². The molecule has 0 radical (unpaired) electrons. The minimum absolute atomic E-state index is 0.0814. The van der Waals surface area contributed by atoms with Crippen LogP contribution < -0.4 is 10.1 Å². The number of hydrogen-bond acceptors (Lipinski definition) is 4. The summed E-state index contributed by atoms with van der Waals surface area (Å²) in [5, 5.41) is 3.01. The number of rotatable bonds is 10. The molecular formula is C21H34N2O3. The van der Waals surface area contributed by atoms with Crippen LogP contribution in [0, 0.1) is 5.92 Å². The van der Waals surface area contributed by atoms with E-state index < -0.39 is 0 Å². The van der Waals surface area contributed by atoms with Gasteiger partial charge in [0.1, 0.15) is 5.75 Å². The first-order chi connectivity index (χ1) is 12.6. The molecule has 0 bridgehead atoms. The van der Waals surface area contributed by atoms with Crippen LogP contribution in [0.25, 0.3) is 0 Å². The summed E-state index contributed by atoms with van der Waals surface area (Å²) >= 11 is 0. The van der Waals surface area contributed by atoms with Gasteiger partial charge >= 0.3 is 0 Å². The molecule has 1 aliphatic heterocycles. The zero-order valence-electron chi connectivity index (χ0n) is 16.5. The number of nitrogens with one attached hydrogen (secondary N) is 1. The summed E-state index contributed by atoms with van der Waals surface area (Å²) < 4.78 is 11.5. The van der Waals surface area contributed by atoms with Crippen molar-refractivity contribution in [2.24, 2.45) is 5.92 Å². The molecule has 0 atom stereocenters. The van der Waals surface area contributed by atoms with Crippen LogP contribution in [0.4, 0.5) is 0 Å². The maximum Gasteiger partial charge on any atom is 0.234 e. The number of ether oxygens (including phenoxy) is 2. The largest absolute Gasteiger partial charge is 0.494 e. The molecule has 5 nitrogen and oxygen atoms in total. The van der Waals surface area contributed by atoms with Crippen molar-refractivity contribution in [3.63, 3.8) is 0 Å². The highest BCUT2D eigenvalue weighted by atomic mass is 16.5. The van der Waals surface area contributed by atoms with Gasteiger partial charge in [-0.05, 0) is 42.9 Å². The van der Waals surface area contributed by atoms with E-state index in [0.29, 0.717) is 25.1 Å². The monoisotopic (exact) mass is 362 g/mol. The summed E-state index contributed by atoms with van der Waals surface area (Å²) in [5.74, 6) is 1.54. The normalized spacial score (nSPS) is 16.0. The third-order valence-electron chi connectivity index (χ3n) is 4.45. The Morgan fingerprint density at radius 1 is 1.23 bits per heavy atom. The number of benzene rings is 1. The number of hydrogen-bond donors (Lipinski definition) is 1. The molecule has 2 rings (SSSR count). The molecule has 0 saturated carbocycles. The van der Waals surface area contributed by atoms with Crippen molar-refractivity contribution in [1.82, 2.24) is 10.2 Å². The van der Waals surface area contributed by atoms with E-state index in [1.807, 2.05) is 24.3 Å². The van der Waals surface area contributed by atoms with Crippen molar-refractivity contribution < 1.29 is 14.3 Å². The molecule has 1 N–H and O–H groups in total. The summed E-state index contributed by atoms with van der Waals surface area (Å²) in [6.45, 7) is 10.9. The standard InChI is InChI=1S/C21H34N2O3/c1-4-13-25-19-7-5-18(6-8-19)14-22-21(24)15-23-11-9-20(10-12-23)26-16-17(2)3/h5-8,17,20H,4,9-16H2,1-3H3,(H,22,24). The lowest BCUT2D eigenvalue weighted by Gasteiger charge is -2.31. The van der Waals surface area contributed by atoms with E-state index in [1.54, 1.807) is 0 Å². The lowest BCUT2D eigenvalue weighted by atomic mass is 10.1. The molecule has 146 valence electrons. The third kappa shape index (κ3) is 7.75. The molecule has 1 aliphatic rings. The van der Waals surface area contributed by atoms with Gasteiger partial charge in [0.05, 0.1) is 19.3 Å². The lowest BCUT2D eigenvalue weighted by Crippen LogP contribution is -2.43. The molecule has 1 aromatic rings. The van der Waals surface area contributed by atoms with Gasteiger partial charge in [-0.3, -0.25) is 9.69 Å². The molecule has 0 aromatic heterocycles. The molecule has 1 fully saturated rings. The number of amides is 1. The van der Waals surface area contributed by atoms with Crippen LogP contribution in [0.5, 0.6) is 5.75 Å². The highest BCUT2D eigenvalue weighted by Crippen LogP contribution is 2.15. The van der Waals surface area contributed by atoms with Gasteiger partial charge in [0.25, 0.3) is 0 Å². The van der Waals surface area contributed by atoms with Crippen LogP contribution in [0.15, 0.2) is 24.3 Å². The first-order valence-corrected chi connectivity index (χ1v) is 9.89. The number of likely N-dealkylation sites (tertiary alicyclic amines) is 1. The highest BCUT2D eigenvalue weighted by molar-refractivity contribution is 5.78. The second-order valence-corrected chi connectivity index (χ2v) is 7.47. The predicted octanol–water partition coefficient (Wildman–Crippen LogP) is 3.23. The smallest absolute Gasteiger partial charge is 0.234 e. The van der Waals surface area contributed by atoms with Crippen LogP contribution >= 0.6 is 0 Å². The highest BCUT2D eigenvalue weighted by Gasteiger charge is 2.21. The van der Waals surface area contributed by atoms with E-state index in [1.165, 1.54) is 0 Å². The second-order valence-electron chi connectivity index (χ2n) is 7.47. The van der Waals surface area contributed by atoms with E-state index in [9.17, 15) is 4.79 Å². The molecule has 1 aromatic carbocycles. The zero-order chi connectivity index (χ0) is 18.8. The molecule has 1 heterocycles. The first kappa shape index (κ1) is 20.7. The van der Waals surface area contributed by atoms with Crippen LogP contribution in [0.1, 0.15) is 45.6 Å². The summed E-state index contributed by atoms with van der Waals surface area (Å²) in [7, 11) is 0. The molecule has 26 heavy (non-hydrogen) atoms. The van der Waals surface area contributed by atoms with Crippen LogP contribution in [-0.4, -0.2) is 49.8 Å². The second kappa shape index (κ2) is 11.2. The van der Waals surface area contributed by atoms with Crippen LogP contribution in [-0.2, 0) is 16.1 Å². The lowest BCUT2D eigenvalue weighted by molar-refractivity contribution is -0.123. The maximum absolute atomic E-state index is 12.2. The molecule has 1 amide bonds. The Hall–Kier alpha value is -1.59. The van der Waals surface area contributed by atoms with Gasteiger partial charge in [-0.15, -0.1) is 0 Å². The summed E-state index contributed by atoms with van der Waals surface area (Å²) in [4.78, 5) is 14.4. The Balaban J connectivity index is 1.63. The molecule has 0 unspecified atom stereocenters. The Morgan fingerprint density at radius 2 is 1.92 bits per heavy atom. The Morgan fingerprint density at radius 3 is 2.54 bits per heavy atom. The average molecular weight is 363 g/mol. The average Bonchev–Trinajstić information content (AvgIpc) is 2.65. The summed E-state index contributed by atoms with van der Waals surface area (Å²) in [5.41, 5.74) is 1.09. The molecule has 0 spiro atoms. The topological polar surface area (TPSA) is 50.8 Å². The predicted molar refractivity (Wildman–Crippen MR) is 104 cm³/mol. The van der Waals surface area contributed by atoms with E-state index in [-0.39, 0.29) is 5.91 Å². The minimum Gasteiger partial charge on any atom is -0.494 e. The maximum atomic E-state index is 12.2. The molecule has 0 aliphatic carbocycles. The molecule has 1 saturated heterocycles. The first-order valence-electron chi connectivity index (χ1n) is 9.89. The molecular weight excluding hydrogens is 328 g/mol. The number of carbonyl (C=O) groups is 1. The van der Waals surface area contributed by atoms with Crippen molar-refractivity contribution in [2.75, 3.05) is 32.8 Å². The van der Waals surface area contributed by atoms with Crippen LogP contribution in [0.3, 0.4) is 0 Å². The Bertz CT molecular complexity index is 523. The van der Waals surface area contributed by atoms with Gasteiger partial charge in [-0.2, -0.15) is 0 Å². The zero-order valence-corrected chi connectivity index (χ0v) is 16.5. The molecule has 5 heteroatoms. The van der Waals surface area contributed by atoms with Crippen LogP contribution in [0.2, 0.25) is 0 Å². The Labute approximate surface area is 158 Å². The van der Waals surface area contributed by atoms with E-state index in [0.717, 1.165) is 56.9 Å². The van der Waals surface area contributed by atoms with Gasteiger partial charge in [0, 0.05) is 26.2 Å².